The van der Waals surface area contributed by atoms with Crippen molar-refractivity contribution in [1.29, 1.82) is 0 Å². The highest BCUT2D eigenvalue weighted by Crippen LogP contribution is 2.28. The van der Waals surface area contributed by atoms with Crippen molar-refractivity contribution in [2.75, 3.05) is 42.5 Å². The summed E-state index contributed by atoms with van der Waals surface area (Å²) in [5, 5.41) is 2.76. The van der Waals surface area contributed by atoms with Gasteiger partial charge in [-0.1, -0.05) is 48.0 Å². The number of hydrogen-bond acceptors (Lipinski definition) is 5. The number of nitrogens with one attached hydrogen (secondary N) is 1. The Bertz CT molecular complexity index is 1350. The molecule has 0 aromatic heterocycles. The van der Waals surface area contributed by atoms with E-state index in [9.17, 15) is 18.0 Å². The molecule has 3 aromatic rings. The SMILES string of the molecule is Cc1ccc(N(CC(=O)Nc2ccccc2C(=O)N2CCOCC2)S(=O)(=O)c2ccccc2)c(C)c1. The lowest BCUT2D eigenvalue weighted by Gasteiger charge is -2.28. The van der Waals surface area contributed by atoms with Crippen molar-refractivity contribution in [3.63, 3.8) is 0 Å². The summed E-state index contributed by atoms with van der Waals surface area (Å²) >= 11 is 0. The van der Waals surface area contributed by atoms with Gasteiger partial charge in [0.05, 0.1) is 35.0 Å². The molecule has 1 N–H and O–H groups in total. The number of carbonyl (C=O) groups is 2. The Hall–Kier alpha value is -3.69. The summed E-state index contributed by atoms with van der Waals surface area (Å²) in [4.78, 5) is 28.1. The van der Waals surface area contributed by atoms with Gasteiger partial charge in [-0.2, -0.15) is 0 Å². The molecule has 0 aliphatic carbocycles. The van der Waals surface area contributed by atoms with E-state index in [1.54, 1.807) is 53.4 Å². The molecule has 1 aliphatic rings. The van der Waals surface area contributed by atoms with Gasteiger partial charge in [-0.15, -0.1) is 0 Å². The van der Waals surface area contributed by atoms with Crippen LogP contribution in [0.25, 0.3) is 0 Å². The van der Waals surface area contributed by atoms with Crippen LogP contribution >= 0.6 is 0 Å². The molecule has 1 fully saturated rings. The molecule has 1 saturated heterocycles. The fourth-order valence-electron chi connectivity index (χ4n) is 4.14. The van der Waals surface area contributed by atoms with Crippen LogP contribution in [0.3, 0.4) is 0 Å². The largest absolute Gasteiger partial charge is 0.378 e. The summed E-state index contributed by atoms with van der Waals surface area (Å²) in [6.45, 7) is 5.13. The molecular formula is C27H29N3O5S. The van der Waals surface area contributed by atoms with E-state index >= 15 is 0 Å². The Morgan fingerprint density at radius 3 is 2.31 bits per heavy atom. The number of ether oxygens (including phenoxy) is 1. The molecule has 0 atom stereocenters. The zero-order valence-corrected chi connectivity index (χ0v) is 21.1. The van der Waals surface area contributed by atoms with Crippen molar-refractivity contribution in [1.82, 2.24) is 4.90 Å². The lowest BCUT2D eigenvalue weighted by molar-refractivity contribution is -0.114. The zero-order chi connectivity index (χ0) is 25.7. The van der Waals surface area contributed by atoms with E-state index < -0.39 is 22.5 Å². The first-order valence-electron chi connectivity index (χ1n) is 11.7. The van der Waals surface area contributed by atoms with Crippen molar-refractivity contribution in [3.8, 4) is 0 Å². The van der Waals surface area contributed by atoms with Gasteiger partial charge in [0.15, 0.2) is 0 Å². The monoisotopic (exact) mass is 507 g/mol. The normalized spacial score (nSPS) is 13.8. The predicted octanol–water partition coefficient (Wildman–Crippen LogP) is 3.61. The van der Waals surface area contributed by atoms with E-state index in [2.05, 4.69) is 5.32 Å². The summed E-state index contributed by atoms with van der Waals surface area (Å²) in [6.07, 6.45) is 0. The Kier molecular flexibility index (Phi) is 7.71. The number of nitrogens with zero attached hydrogens (tertiary/aromatic N) is 2. The number of morpholine rings is 1. The minimum Gasteiger partial charge on any atom is -0.378 e. The van der Waals surface area contributed by atoms with Crippen LogP contribution in [-0.4, -0.2) is 58.0 Å². The second-order valence-corrected chi connectivity index (χ2v) is 10.5. The topological polar surface area (TPSA) is 96.0 Å². The van der Waals surface area contributed by atoms with Crippen LogP contribution in [0.4, 0.5) is 11.4 Å². The highest BCUT2D eigenvalue weighted by atomic mass is 32.2. The van der Waals surface area contributed by atoms with Gasteiger partial charge in [0.2, 0.25) is 5.91 Å². The molecule has 3 aromatic carbocycles. The van der Waals surface area contributed by atoms with Crippen LogP contribution in [0.15, 0.2) is 77.7 Å². The third kappa shape index (κ3) is 5.58. The summed E-state index contributed by atoms with van der Waals surface area (Å²) in [7, 11) is -4.04. The summed E-state index contributed by atoms with van der Waals surface area (Å²) in [5.74, 6) is -0.769. The van der Waals surface area contributed by atoms with Gasteiger partial charge < -0.3 is 15.0 Å². The molecule has 1 heterocycles. The Labute approximate surface area is 211 Å². The van der Waals surface area contributed by atoms with Crippen molar-refractivity contribution in [3.05, 3.63) is 89.5 Å². The van der Waals surface area contributed by atoms with Gasteiger partial charge in [0.1, 0.15) is 6.54 Å². The number of hydrogen-bond donors (Lipinski definition) is 1. The van der Waals surface area contributed by atoms with E-state index in [1.807, 2.05) is 26.0 Å². The number of rotatable bonds is 7. The fourth-order valence-corrected chi connectivity index (χ4v) is 5.65. The minimum absolute atomic E-state index is 0.0840. The number of amides is 2. The molecule has 1 aliphatic heterocycles. The molecule has 9 heteroatoms. The predicted molar refractivity (Wildman–Crippen MR) is 139 cm³/mol. The van der Waals surface area contributed by atoms with Gasteiger partial charge in [-0.3, -0.25) is 13.9 Å². The molecule has 188 valence electrons. The zero-order valence-electron chi connectivity index (χ0n) is 20.3. The molecule has 2 amide bonds. The van der Waals surface area contributed by atoms with Crippen LogP contribution in [0, 0.1) is 13.8 Å². The molecule has 8 nitrogen and oxygen atoms in total. The van der Waals surface area contributed by atoms with Crippen molar-refractivity contribution >= 4 is 33.2 Å². The van der Waals surface area contributed by atoms with Crippen LogP contribution in [0.2, 0.25) is 0 Å². The Morgan fingerprint density at radius 1 is 0.944 bits per heavy atom. The van der Waals surface area contributed by atoms with E-state index in [0.717, 1.165) is 15.4 Å². The quantitative estimate of drug-likeness (QED) is 0.527. The second-order valence-electron chi connectivity index (χ2n) is 8.61. The number of anilines is 2. The maximum Gasteiger partial charge on any atom is 0.264 e. The molecule has 0 radical (unpaired) electrons. The Morgan fingerprint density at radius 2 is 1.61 bits per heavy atom. The van der Waals surface area contributed by atoms with Gasteiger partial charge >= 0.3 is 0 Å². The first kappa shape index (κ1) is 25.4. The van der Waals surface area contributed by atoms with Crippen LogP contribution in [0.1, 0.15) is 21.5 Å². The van der Waals surface area contributed by atoms with Crippen LogP contribution < -0.4 is 9.62 Å². The lowest BCUT2D eigenvalue weighted by Crippen LogP contribution is -2.41. The van der Waals surface area contributed by atoms with E-state index in [1.165, 1.54) is 12.1 Å². The lowest BCUT2D eigenvalue weighted by atomic mass is 10.1. The average molecular weight is 508 g/mol. The summed E-state index contributed by atoms with van der Waals surface area (Å²) < 4.78 is 33.7. The highest BCUT2D eigenvalue weighted by Gasteiger charge is 2.29. The molecule has 0 bridgehead atoms. The van der Waals surface area contributed by atoms with Gasteiger partial charge in [0.25, 0.3) is 15.9 Å². The molecule has 4 rings (SSSR count). The van der Waals surface area contributed by atoms with Gasteiger partial charge in [-0.25, -0.2) is 8.42 Å². The highest BCUT2D eigenvalue weighted by molar-refractivity contribution is 7.92. The number of para-hydroxylation sites is 1. The average Bonchev–Trinajstić information content (AvgIpc) is 2.88. The maximum absolute atomic E-state index is 13.6. The fraction of sp³-hybridized carbons (Fsp3) is 0.259. The first-order chi connectivity index (χ1) is 17.3. The number of benzene rings is 3. The molecular weight excluding hydrogens is 478 g/mol. The minimum atomic E-state index is -4.04. The summed E-state index contributed by atoms with van der Waals surface area (Å²) in [6, 6.07) is 20.1. The van der Waals surface area contributed by atoms with Gasteiger partial charge in [-0.05, 0) is 49.7 Å². The van der Waals surface area contributed by atoms with E-state index in [0.29, 0.717) is 43.2 Å². The third-order valence-corrected chi connectivity index (χ3v) is 7.74. The van der Waals surface area contributed by atoms with Crippen LogP contribution in [0.5, 0.6) is 0 Å². The number of carbonyl (C=O) groups excluding carboxylic acids is 2. The van der Waals surface area contributed by atoms with Crippen molar-refractivity contribution in [2.24, 2.45) is 0 Å². The standard InChI is InChI=1S/C27H29N3O5S/c1-20-12-13-25(21(2)18-20)30(36(33,34)22-8-4-3-5-9-22)19-26(31)28-24-11-7-6-10-23(24)27(32)29-14-16-35-17-15-29/h3-13,18H,14-17,19H2,1-2H3,(H,28,31). The van der Waals surface area contributed by atoms with Crippen molar-refractivity contribution in [2.45, 2.75) is 18.7 Å². The number of sulfonamides is 1. The molecule has 36 heavy (non-hydrogen) atoms. The molecule has 0 unspecified atom stereocenters. The summed E-state index contributed by atoms with van der Waals surface area (Å²) in [5.41, 5.74) is 2.80. The number of aryl methyl sites for hydroxylation is 2. The molecule has 0 saturated carbocycles. The third-order valence-electron chi connectivity index (χ3n) is 5.97. The first-order valence-corrected chi connectivity index (χ1v) is 13.1. The Balaban J connectivity index is 1.63. The van der Waals surface area contributed by atoms with E-state index in [-0.39, 0.29) is 10.8 Å². The maximum atomic E-state index is 13.6. The van der Waals surface area contributed by atoms with Crippen molar-refractivity contribution < 1.29 is 22.7 Å². The smallest absolute Gasteiger partial charge is 0.264 e. The van der Waals surface area contributed by atoms with Crippen LogP contribution in [-0.2, 0) is 19.6 Å². The second kappa shape index (κ2) is 10.9. The molecule has 0 spiro atoms. The van der Waals surface area contributed by atoms with E-state index in [4.69, 9.17) is 4.74 Å². The van der Waals surface area contributed by atoms with Gasteiger partial charge in [0, 0.05) is 13.1 Å².